The van der Waals surface area contributed by atoms with Gasteiger partial charge in [0, 0.05) is 0 Å². The molecule has 0 rings (SSSR count). The van der Waals surface area contributed by atoms with Crippen LogP contribution < -0.4 is 0 Å². The van der Waals surface area contributed by atoms with E-state index in [1.165, 1.54) is 0 Å². The molecule has 0 N–H and O–H groups in total. The molecule has 3 nitrogen and oxygen atoms in total. The fourth-order valence-corrected chi connectivity index (χ4v) is 0.677. The average molecular weight is 147 g/mol. The van der Waals surface area contributed by atoms with Crippen molar-refractivity contribution >= 4 is 7.32 Å². The molecule has 0 fully saturated rings. The fraction of sp³-hybridized carbons (Fsp3) is 1.00. The molecule has 0 bridgehead atoms. The first kappa shape index (κ1) is 9.94. The molecule has 0 radical (unpaired) electrons. The van der Waals surface area contributed by atoms with Crippen molar-refractivity contribution in [2.75, 3.05) is 19.8 Å². The van der Waals surface area contributed by atoms with Crippen LogP contribution in [0.4, 0.5) is 0 Å². The molecule has 0 aliphatic heterocycles. The van der Waals surface area contributed by atoms with E-state index in [0.717, 1.165) is 0 Å². The summed E-state index contributed by atoms with van der Waals surface area (Å²) in [6.45, 7) is 7.74. The van der Waals surface area contributed by atoms with E-state index < -0.39 is 7.32 Å². The standard InChI is InChI=1S/C6H16BO3/c1-4-8-7(9-5-2)10-6-3/h7H,4-6H2,1-3H3/q-1. The molecule has 0 aliphatic carbocycles. The van der Waals surface area contributed by atoms with Crippen LogP contribution in [0.3, 0.4) is 0 Å². The lowest BCUT2D eigenvalue weighted by atomic mass is 10.2. The molecule has 0 saturated heterocycles. The summed E-state index contributed by atoms with van der Waals surface area (Å²) in [5.41, 5.74) is 0. The van der Waals surface area contributed by atoms with Crippen LogP contribution in [0.15, 0.2) is 0 Å². The van der Waals surface area contributed by atoms with Crippen molar-refractivity contribution in [2.24, 2.45) is 0 Å². The van der Waals surface area contributed by atoms with Crippen LogP contribution in [0.25, 0.3) is 0 Å². The molecule has 10 heavy (non-hydrogen) atoms. The lowest BCUT2D eigenvalue weighted by molar-refractivity contribution is 0.107. The molecule has 0 amide bonds. The summed E-state index contributed by atoms with van der Waals surface area (Å²) in [5, 5.41) is 0. The Hall–Kier alpha value is -0.0551. The smallest absolute Gasteiger partial charge is 0.364 e. The molecule has 0 atom stereocenters. The SMILES string of the molecule is CCO[BH-](OCC)OCC. The molecule has 0 saturated carbocycles. The summed E-state index contributed by atoms with van der Waals surface area (Å²) in [7, 11) is -1.23. The van der Waals surface area contributed by atoms with Crippen molar-refractivity contribution in [3.63, 3.8) is 0 Å². The van der Waals surface area contributed by atoms with Gasteiger partial charge in [0.25, 0.3) is 0 Å². The van der Waals surface area contributed by atoms with Gasteiger partial charge < -0.3 is 14.0 Å². The maximum Gasteiger partial charge on any atom is 0.364 e. The molecule has 0 aromatic rings. The van der Waals surface area contributed by atoms with Crippen LogP contribution in [0.5, 0.6) is 0 Å². The van der Waals surface area contributed by atoms with Crippen molar-refractivity contribution in [1.82, 2.24) is 0 Å². The van der Waals surface area contributed by atoms with E-state index in [4.69, 9.17) is 14.0 Å². The Morgan fingerprint density at radius 2 is 1.10 bits per heavy atom. The van der Waals surface area contributed by atoms with Crippen LogP contribution in [-0.2, 0) is 14.0 Å². The minimum Gasteiger partial charge on any atom is -0.547 e. The Kier molecular flexibility index (Phi) is 7.02. The van der Waals surface area contributed by atoms with Crippen molar-refractivity contribution in [3.05, 3.63) is 0 Å². The Morgan fingerprint density at radius 1 is 0.800 bits per heavy atom. The number of hydrogen-bond acceptors (Lipinski definition) is 3. The third-order valence-electron chi connectivity index (χ3n) is 1.11. The van der Waals surface area contributed by atoms with Gasteiger partial charge in [0.1, 0.15) is 0 Å². The van der Waals surface area contributed by atoms with Gasteiger partial charge in [-0.2, -0.15) is 0 Å². The van der Waals surface area contributed by atoms with Gasteiger partial charge in [0.05, 0.1) is 0 Å². The highest BCUT2D eigenvalue weighted by molar-refractivity contribution is 6.36. The van der Waals surface area contributed by atoms with E-state index in [1.54, 1.807) is 0 Å². The lowest BCUT2D eigenvalue weighted by Crippen LogP contribution is -2.27. The largest absolute Gasteiger partial charge is 0.547 e. The zero-order valence-electron chi connectivity index (χ0n) is 7.05. The maximum absolute atomic E-state index is 5.16. The third kappa shape index (κ3) is 4.79. The van der Waals surface area contributed by atoms with E-state index in [-0.39, 0.29) is 0 Å². The highest BCUT2D eigenvalue weighted by Crippen LogP contribution is 1.90. The predicted octanol–water partition coefficient (Wildman–Crippen LogP) is 0.813. The van der Waals surface area contributed by atoms with Crippen molar-refractivity contribution in [1.29, 1.82) is 0 Å². The van der Waals surface area contributed by atoms with Crippen LogP contribution >= 0.6 is 0 Å². The predicted molar refractivity (Wildman–Crippen MR) is 42.0 cm³/mol. The minimum atomic E-state index is -1.23. The second-order valence-electron chi connectivity index (χ2n) is 1.83. The molecule has 0 aliphatic rings. The minimum absolute atomic E-state index is 0.653. The Morgan fingerprint density at radius 3 is 1.30 bits per heavy atom. The first-order valence-corrected chi connectivity index (χ1v) is 3.85. The third-order valence-corrected chi connectivity index (χ3v) is 1.11. The second-order valence-corrected chi connectivity index (χ2v) is 1.83. The summed E-state index contributed by atoms with van der Waals surface area (Å²) in [4.78, 5) is 0. The van der Waals surface area contributed by atoms with Gasteiger partial charge in [-0.1, -0.05) is 0 Å². The van der Waals surface area contributed by atoms with Gasteiger partial charge in [-0.15, -0.1) is 0 Å². The van der Waals surface area contributed by atoms with Gasteiger partial charge in [-0.25, -0.2) is 0 Å². The number of hydrogen-bond donors (Lipinski definition) is 0. The van der Waals surface area contributed by atoms with Gasteiger partial charge in [0.15, 0.2) is 0 Å². The van der Waals surface area contributed by atoms with E-state index >= 15 is 0 Å². The Labute approximate surface area is 62.8 Å². The zero-order chi connectivity index (χ0) is 7.82. The summed E-state index contributed by atoms with van der Waals surface area (Å²) in [6, 6.07) is 0. The molecule has 0 aromatic carbocycles. The summed E-state index contributed by atoms with van der Waals surface area (Å²) in [5.74, 6) is 0. The monoisotopic (exact) mass is 147 g/mol. The molecule has 4 heteroatoms. The van der Waals surface area contributed by atoms with E-state index in [2.05, 4.69) is 0 Å². The summed E-state index contributed by atoms with van der Waals surface area (Å²) < 4.78 is 15.5. The highest BCUT2D eigenvalue weighted by Gasteiger charge is 1.99. The quantitative estimate of drug-likeness (QED) is 0.520. The molecule has 0 aromatic heterocycles. The molecule has 0 spiro atoms. The van der Waals surface area contributed by atoms with Crippen LogP contribution in [0.2, 0.25) is 0 Å². The number of rotatable bonds is 6. The zero-order valence-corrected chi connectivity index (χ0v) is 7.05. The van der Waals surface area contributed by atoms with Crippen molar-refractivity contribution in [3.8, 4) is 0 Å². The van der Waals surface area contributed by atoms with Gasteiger partial charge in [-0.3, -0.25) is 0 Å². The Balaban J connectivity index is 3.30. The second kappa shape index (κ2) is 7.06. The normalized spacial score (nSPS) is 10.8. The first-order chi connectivity index (χ1) is 4.85. The van der Waals surface area contributed by atoms with Crippen molar-refractivity contribution in [2.45, 2.75) is 20.8 Å². The van der Waals surface area contributed by atoms with Crippen LogP contribution in [0.1, 0.15) is 20.8 Å². The van der Waals surface area contributed by atoms with E-state index in [9.17, 15) is 0 Å². The Bertz CT molecular complexity index is 55.7. The average Bonchev–Trinajstić information content (AvgIpc) is 1.90. The topological polar surface area (TPSA) is 27.7 Å². The summed E-state index contributed by atoms with van der Waals surface area (Å²) in [6.07, 6.45) is 0. The molecular formula is C6H16BO3-. The van der Waals surface area contributed by atoms with Gasteiger partial charge >= 0.3 is 7.32 Å². The van der Waals surface area contributed by atoms with E-state index in [1.807, 2.05) is 20.8 Å². The van der Waals surface area contributed by atoms with Crippen LogP contribution in [-0.4, -0.2) is 27.1 Å². The van der Waals surface area contributed by atoms with Crippen LogP contribution in [0, 0.1) is 0 Å². The van der Waals surface area contributed by atoms with E-state index in [0.29, 0.717) is 19.8 Å². The maximum atomic E-state index is 5.16. The first-order valence-electron chi connectivity index (χ1n) is 3.85. The van der Waals surface area contributed by atoms with Crippen molar-refractivity contribution < 1.29 is 14.0 Å². The highest BCUT2D eigenvalue weighted by atomic mass is 16.7. The molecular weight excluding hydrogens is 131 g/mol. The lowest BCUT2D eigenvalue weighted by Gasteiger charge is -2.25. The molecule has 0 unspecified atom stereocenters. The molecule has 0 heterocycles. The van der Waals surface area contributed by atoms with Gasteiger partial charge in [0.2, 0.25) is 0 Å². The molecule has 62 valence electrons. The van der Waals surface area contributed by atoms with Gasteiger partial charge in [-0.05, 0) is 40.6 Å². The fourth-order valence-electron chi connectivity index (χ4n) is 0.677. The summed E-state index contributed by atoms with van der Waals surface area (Å²) >= 11 is 0.